The minimum absolute atomic E-state index is 0.0308. The molecule has 1 saturated heterocycles. The van der Waals surface area contributed by atoms with Crippen molar-refractivity contribution in [3.05, 3.63) is 70.3 Å². The summed E-state index contributed by atoms with van der Waals surface area (Å²) in [5, 5.41) is -0.0443. The normalized spacial score (nSPS) is 32.5. The number of benzene rings is 2. The lowest BCUT2D eigenvalue weighted by Crippen LogP contribution is -2.50. The van der Waals surface area contributed by atoms with E-state index in [0.717, 1.165) is 101 Å². The van der Waals surface area contributed by atoms with E-state index in [4.69, 9.17) is 25.8 Å². The van der Waals surface area contributed by atoms with Gasteiger partial charge < -0.3 is 19.1 Å². The van der Waals surface area contributed by atoms with Gasteiger partial charge in [-0.2, -0.15) is 0 Å². The number of morpholine rings is 1. The lowest BCUT2D eigenvalue weighted by atomic mass is 9.68. The highest BCUT2D eigenvalue weighted by Crippen LogP contribution is 2.47. The smallest absolute Gasteiger partial charge is 0.264 e. The van der Waals surface area contributed by atoms with Gasteiger partial charge in [-0.3, -0.25) is 9.69 Å². The predicted octanol–water partition coefficient (Wildman–Crippen LogP) is 5.60. The monoisotopic (exact) mass is 711 g/mol. The summed E-state index contributed by atoms with van der Waals surface area (Å²) < 4.78 is 48.1. The second-order valence-electron chi connectivity index (χ2n) is 14.9. The summed E-state index contributed by atoms with van der Waals surface area (Å²) in [6.07, 6.45) is 10.0. The van der Waals surface area contributed by atoms with Gasteiger partial charge in [0.1, 0.15) is 5.75 Å². The Bertz CT molecular complexity index is 1660. The molecule has 3 heterocycles. The number of sulfonamides is 1. The van der Waals surface area contributed by atoms with E-state index >= 15 is 0 Å². The Hall–Kier alpha value is -2.63. The lowest BCUT2D eigenvalue weighted by molar-refractivity contribution is -0.0523. The zero-order valence-corrected chi connectivity index (χ0v) is 30.3. The number of nitrogens with one attached hydrogen (secondary N) is 1. The van der Waals surface area contributed by atoms with Crippen molar-refractivity contribution in [3.63, 3.8) is 0 Å². The molecule has 2 bridgehead atoms. The molecule has 1 spiro atoms. The Morgan fingerprint density at radius 1 is 1.10 bits per heavy atom. The van der Waals surface area contributed by atoms with Crippen molar-refractivity contribution < 1.29 is 27.4 Å². The first-order valence-electron chi connectivity index (χ1n) is 18.1. The number of allylic oxidation sites excluding steroid dienone is 1. The third kappa shape index (κ3) is 7.40. The Morgan fingerprint density at radius 3 is 2.73 bits per heavy atom. The Morgan fingerprint density at radius 2 is 1.94 bits per heavy atom. The summed E-state index contributed by atoms with van der Waals surface area (Å²) >= 11 is 6.46. The summed E-state index contributed by atoms with van der Waals surface area (Å²) in [7, 11) is -3.94. The lowest BCUT2D eigenvalue weighted by Gasteiger charge is -2.46. The van der Waals surface area contributed by atoms with Crippen LogP contribution in [0.1, 0.15) is 67.4 Å². The van der Waals surface area contributed by atoms with Crippen molar-refractivity contribution in [1.29, 1.82) is 0 Å². The number of carbonyl (C=O) groups is 1. The molecule has 0 radical (unpaired) electrons. The van der Waals surface area contributed by atoms with E-state index in [1.54, 1.807) is 13.0 Å². The quantitative estimate of drug-likeness (QED) is 0.410. The van der Waals surface area contributed by atoms with Gasteiger partial charge in [0.25, 0.3) is 5.91 Å². The molecule has 3 aliphatic heterocycles. The van der Waals surface area contributed by atoms with E-state index in [1.165, 1.54) is 11.1 Å². The minimum atomic E-state index is -3.94. The number of fused-ring (bicyclic) bond motifs is 4. The zero-order chi connectivity index (χ0) is 34.2. The molecule has 1 saturated carbocycles. The SMILES string of the molecule is C[C@@H]1[C@@H](C)/C=C/C[C@H](OCCN2CCOCC2)[C@@H]2CC[C@H]2CN2C[C@@]3(CCCc4cc(Cl)ccc43)COc3ccc(cc32)C(=O)NS1(=O)=O. The maximum Gasteiger partial charge on any atom is 0.264 e. The number of nitrogens with zero attached hydrogens (tertiary/aromatic N) is 2. The number of rotatable bonds is 4. The fourth-order valence-corrected chi connectivity index (χ4v) is 9.93. The molecule has 2 fully saturated rings. The number of amides is 1. The standard InChI is InChI=1S/C38H50ClN3O6S/c1-26-5-3-7-35(47-20-17-41-15-18-46-19-16-41)32-11-8-30(32)23-42-24-38(14-4-6-28-21-31(39)10-12-33(28)38)25-48-36-13-9-29(22-34(36)42)37(43)40-49(44,45)27(26)2/h3,5,9-10,12-13,21-22,26-27,30,32,35H,4,6-8,11,14-20,23-25H2,1-2H3,(H,40,43)/b5-3+/t26-,27+,30-,32+,35-,38-/m0/s1. The molecule has 9 nitrogen and oxygen atoms in total. The number of aryl methyl sites for hydroxylation is 1. The van der Waals surface area contributed by atoms with Crippen molar-refractivity contribution in [3.8, 4) is 5.75 Å². The predicted molar refractivity (Wildman–Crippen MR) is 192 cm³/mol. The zero-order valence-electron chi connectivity index (χ0n) is 28.7. The van der Waals surface area contributed by atoms with Gasteiger partial charge in [-0.05, 0) is 105 Å². The van der Waals surface area contributed by atoms with Crippen LogP contribution in [0.4, 0.5) is 5.69 Å². The number of hydrogen-bond acceptors (Lipinski definition) is 8. The summed E-state index contributed by atoms with van der Waals surface area (Å²) in [4.78, 5) is 18.3. The van der Waals surface area contributed by atoms with Crippen molar-refractivity contribution in [2.24, 2.45) is 17.8 Å². The third-order valence-corrected chi connectivity index (χ3v) is 13.9. The molecular weight excluding hydrogens is 662 g/mol. The topological polar surface area (TPSA) is 97.4 Å². The largest absolute Gasteiger partial charge is 0.490 e. The summed E-state index contributed by atoms with van der Waals surface area (Å²) in [5.74, 6) is 0.582. The van der Waals surface area contributed by atoms with Crippen LogP contribution < -0.4 is 14.4 Å². The van der Waals surface area contributed by atoms with E-state index < -0.39 is 21.2 Å². The number of halogens is 1. The first-order chi connectivity index (χ1) is 23.6. The van der Waals surface area contributed by atoms with Crippen molar-refractivity contribution >= 4 is 33.2 Å². The van der Waals surface area contributed by atoms with Gasteiger partial charge in [0.05, 0.1) is 43.5 Å². The summed E-state index contributed by atoms with van der Waals surface area (Å²) in [5.41, 5.74) is 3.46. The molecule has 1 amide bonds. The number of hydrogen-bond donors (Lipinski definition) is 1. The second-order valence-corrected chi connectivity index (χ2v) is 17.3. The first-order valence-corrected chi connectivity index (χ1v) is 20.0. The Balaban J connectivity index is 1.23. The molecular formula is C38H50ClN3O6S. The van der Waals surface area contributed by atoms with Gasteiger partial charge >= 0.3 is 0 Å². The van der Waals surface area contributed by atoms with Gasteiger partial charge in [-0.25, -0.2) is 13.1 Å². The van der Waals surface area contributed by atoms with Gasteiger partial charge in [0.15, 0.2) is 0 Å². The molecule has 2 aliphatic carbocycles. The van der Waals surface area contributed by atoms with Crippen LogP contribution in [0.5, 0.6) is 5.75 Å². The molecule has 5 aliphatic rings. The molecule has 49 heavy (non-hydrogen) atoms. The molecule has 0 aromatic heterocycles. The van der Waals surface area contributed by atoms with E-state index in [2.05, 4.69) is 32.7 Å². The van der Waals surface area contributed by atoms with Crippen LogP contribution in [-0.4, -0.2) is 89.7 Å². The average Bonchev–Trinajstić information content (AvgIpc) is 3.22. The maximum atomic E-state index is 13.5. The van der Waals surface area contributed by atoms with Crippen LogP contribution >= 0.6 is 11.6 Å². The van der Waals surface area contributed by atoms with Gasteiger partial charge in [0, 0.05) is 48.7 Å². The average molecular weight is 712 g/mol. The van der Waals surface area contributed by atoms with Crippen LogP contribution in [0.25, 0.3) is 0 Å². The number of carbonyl (C=O) groups excluding carboxylic acids is 1. The maximum absolute atomic E-state index is 13.5. The van der Waals surface area contributed by atoms with Gasteiger partial charge in [-0.1, -0.05) is 36.7 Å². The number of anilines is 1. The van der Waals surface area contributed by atoms with E-state index in [-0.39, 0.29) is 17.4 Å². The minimum Gasteiger partial charge on any atom is -0.490 e. The molecule has 6 atom stereocenters. The second kappa shape index (κ2) is 14.5. The van der Waals surface area contributed by atoms with Crippen molar-refractivity contribution in [1.82, 2.24) is 9.62 Å². The molecule has 266 valence electrons. The van der Waals surface area contributed by atoms with E-state index in [0.29, 0.717) is 30.6 Å². The number of ether oxygens (including phenoxy) is 3. The fraction of sp³-hybridized carbons (Fsp3) is 0.605. The Labute approximate surface area is 296 Å². The molecule has 2 aromatic rings. The first kappa shape index (κ1) is 34.8. The molecule has 0 unspecified atom stereocenters. The fourth-order valence-electron chi connectivity index (χ4n) is 8.52. The highest BCUT2D eigenvalue weighted by molar-refractivity contribution is 7.90. The van der Waals surface area contributed by atoms with E-state index in [1.807, 2.05) is 31.2 Å². The third-order valence-electron chi connectivity index (χ3n) is 11.8. The highest BCUT2D eigenvalue weighted by Gasteiger charge is 2.45. The van der Waals surface area contributed by atoms with E-state index in [9.17, 15) is 13.2 Å². The van der Waals surface area contributed by atoms with Crippen LogP contribution in [0, 0.1) is 17.8 Å². The van der Waals surface area contributed by atoms with Crippen LogP contribution in [-0.2, 0) is 31.3 Å². The van der Waals surface area contributed by atoms with Gasteiger partial charge in [-0.15, -0.1) is 0 Å². The molecule has 11 heteroatoms. The molecule has 2 aromatic carbocycles. The van der Waals surface area contributed by atoms with Crippen LogP contribution in [0.3, 0.4) is 0 Å². The van der Waals surface area contributed by atoms with Crippen LogP contribution in [0.15, 0.2) is 48.6 Å². The van der Waals surface area contributed by atoms with Crippen LogP contribution in [0.2, 0.25) is 5.02 Å². The summed E-state index contributed by atoms with van der Waals surface area (Å²) in [6.45, 7) is 10.5. The Kier molecular flexibility index (Phi) is 10.3. The van der Waals surface area contributed by atoms with Crippen molar-refractivity contribution in [2.45, 2.75) is 69.1 Å². The van der Waals surface area contributed by atoms with Crippen molar-refractivity contribution in [2.75, 3.05) is 64.1 Å². The summed E-state index contributed by atoms with van der Waals surface area (Å²) in [6, 6.07) is 11.6. The molecule has 1 N–H and O–H groups in total. The highest BCUT2D eigenvalue weighted by atomic mass is 35.5. The molecule has 7 rings (SSSR count). The van der Waals surface area contributed by atoms with Gasteiger partial charge in [0.2, 0.25) is 10.0 Å².